The lowest BCUT2D eigenvalue weighted by molar-refractivity contribution is 0.600. The Kier molecular flexibility index (Phi) is 3.17. The van der Waals surface area contributed by atoms with Gasteiger partial charge >= 0.3 is 0 Å². The summed E-state index contributed by atoms with van der Waals surface area (Å²) in [5.74, 6) is 0. The van der Waals surface area contributed by atoms with Crippen LogP contribution >= 0.6 is 0 Å². The minimum atomic E-state index is -3.64. The van der Waals surface area contributed by atoms with Crippen molar-refractivity contribution < 1.29 is 8.42 Å². The summed E-state index contributed by atoms with van der Waals surface area (Å²) in [5, 5.41) is 8.67. The maximum absolute atomic E-state index is 12.5. The summed E-state index contributed by atoms with van der Waals surface area (Å²) < 4.78 is 27.5. The van der Waals surface area contributed by atoms with Crippen LogP contribution < -0.4 is 4.72 Å². The van der Waals surface area contributed by atoms with Gasteiger partial charge in [0.2, 0.25) is 0 Å². The molecule has 0 fully saturated rings. The van der Waals surface area contributed by atoms with Gasteiger partial charge in [0.25, 0.3) is 10.0 Å². The Balaban J connectivity index is 2.01. The molecular weight excluding hydrogens is 286 g/mol. The summed E-state index contributed by atoms with van der Waals surface area (Å²) in [6.07, 6.45) is 0. The van der Waals surface area contributed by atoms with E-state index in [1.165, 1.54) is 0 Å². The van der Waals surface area contributed by atoms with Crippen LogP contribution in [0.2, 0.25) is 0 Å². The molecule has 0 atom stereocenters. The van der Waals surface area contributed by atoms with Crippen molar-refractivity contribution in [1.82, 2.24) is 10.2 Å². The van der Waals surface area contributed by atoms with E-state index in [0.717, 1.165) is 10.8 Å². The van der Waals surface area contributed by atoms with Gasteiger partial charge in [-0.3, -0.25) is 9.82 Å². The second-order valence-corrected chi connectivity index (χ2v) is 6.55. The van der Waals surface area contributed by atoms with E-state index >= 15 is 0 Å². The van der Waals surface area contributed by atoms with Crippen LogP contribution in [0.5, 0.6) is 0 Å². The molecule has 6 heteroatoms. The van der Waals surface area contributed by atoms with Gasteiger partial charge in [-0.15, -0.1) is 0 Å². The highest BCUT2D eigenvalue weighted by Gasteiger charge is 2.22. The summed E-state index contributed by atoms with van der Waals surface area (Å²) in [7, 11) is -3.64. The van der Waals surface area contributed by atoms with E-state index < -0.39 is 10.0 Å². The van der Waals surface area contributed by atoms with Gasteiger partial charge in [-0.05, 0) is 36.8 Å². The number of nitrogens with one attached hydrogen (secondary N) is 2. The number of aromatic nitrogens is 2. The fourth-order valence-electron chi connectivity index (χ4n) is 2.40. The van der Waals surface area contributed by atoms with Crippen LogP contribution in [0.15, 0.2) is 47.4 Å². The lowest BCUT2D eigenvalue weighted by Gasteiger charge is -2.09. The molecule has 0 spiro atoms. The number of hydrogen-bond donors (Lipinski definition) is 2. The van der Waals surface area contributed by atoms with Crippen LogP contribution in [0.25, 0.3) is 10.8 Å². The van der Waals surface area contributed by atoms with E-state index in [2.05, 4.69) is 14.9 Å². The number of nitrogens with zero attached hydrogens (tertiary/aromatic N) is 1. The lowest BCUT2D eigenvalue weighted by Crippen LogP contribution is -2.14. The van der Waals surface area contributed by atoms with Gasteiger partial charge in [0.1, 0.15) is 4.90 Å². The number of anilines is 1. The number of rotatable bonds is 3. The minimum absolute atomic E-state index is 0.204. The summed E-state index contributed by atoms with van der Waals surface area (Å²) in [6.45, 7) is 3.35. The first-order chi connectivity index (χ1) is 9.97. The molecule has 2 N–H and O–H groups in total. The van der Waals surface area contributed by atoms with E-state index in [-0.39, 0.29) is 4.90 Å². The zero-order chi connectivity index (χ0) is 15.0. The average Bonchev–Trinajstić information content (AvgIpc) is 2.78. The van der Waals surface area contributed by atoms with Gasteiger partial charge in [-0.25, -0.2) is 8.42 Å². The molecule has 3 aromatic rings. The predicted octanol–water partition coefficient (Wildman–Crippen LogP) is 2.98. The standard InChI is InChI=1S/C15H15N3O2S/c1-10-15(11(2)17-16-10)21(19,20)18-14-8-7-12-5-3-4-6-13(12)9-14/h3-9,18H,1-2H3,(H,16,17). The molecule has 108 valence electrons. The van der Waals surface area contributed by atoms with Crippen molar-refractivity contribution in [3.8, 4) is 0 Å². The normalized spacial score (nSPS) is 11.7. The third-order valence-electron chi connectivity index (χ3n) is 3.33. The maximum atomic E-state index is 12.5. The molecule has 5 nitrogen and oxygen atoms in total. The fraction of sp³-hybridized carbons (Fsp3) is 0.133. The van der Waals surface area contributed by atoms with Crippen LogP contribution in [-0.4, -0.2) is 18.6 Å². The van der Waals surface area contributed by atoms with Crippen LogP contribution in [-0.2, 0) is 10.0 Å². The van der Waals surface area contributed by atoms with E-state index in [4.69, 9.17) is 0 Å². The number of benzene rings is 2. The Hall–Kier alpha value is -2.34. The zero-order valence-corrected chi connectivity index (χ0v) is 12.5. The fourth-order valence-corrected chi connectivity index (χ4v) is 3.82. The van der Waals surface area contributed by atoms with E-state index in [1.54, 1.807) is 19.9 Å². The topological polar surface area (TPSA) is 74.8 Å². The van der Waals surface area contributed by atoms with Crippen molar-refractivity contribution in [3.63, 3.8) is 0 Å². The molecule has 0 aliphatic heterocycles. The largest absolute Gasteiger partial charge is 0.281 e. The molecule has 2 aromatic carbocycles. The highest BCUT2D eigenvalue weighted by Crippen LogP contribution is 2.23. The van der Waals surface area contributed by atoms with Gasteiger partial charge in [-0.2, -0.15) is 5.10 Å². The van der Waals surface area contributed by atoms with Gasteiger partial charge < -0.3 is 0 Å². The number of H-pyrrole nitrogens is 1. The van der Waals surface area contributed by atoms with Crippen molar-refractivity contribution in [2.45, 2.75) is 18.7 Å². The second kappa shape index (κ2) is 4.89. The Morgan fingerprint density at radius 1 is 1.05 bits per heavy atom. The smallest absolute Gasteiger partial charge is 0.265 e. The highest BCUT2D eigenvalue weighted by atomic mass is 32.2. The van der Waals surface area contributed by atoms with Crippen molar-refractivity contribution in [2.24, 2.45) is 0 Å². The molecule has 0 unspecified atom stereocenters. The SMILES string of the molecule is Cc1n[nH]c(C)c1S(=O)(=O)Nc1ccc2ccccc2c1. The molecule has 1 aromatic heterocycles. The van der Waals surface area contributed by atoms with Crippen LogP contribution in [0, 0.1) is 13.8 Å². The molecule has 0 amide bonds. The summed E-state index contributed by atoms with van der Waals surface area (Å²) in [6, 6.07) is 13.3. The number of fused-ring (bicyclic) bond motifs is 1. The van der Waals surface area contributed by atoms with Crippen molar-refractivity contribution in [1.29, 1.82) is 0 Å². The first-order valence-corrected chi connectivity index (χ1v) is 7.99. The first-order valence-electron chi connectivity index (χ1n) is 6.50. The molecule has 0 saturated heterocycles. The third kappa shape index (κ3) is 2.50. The Morgan fingerprint density at radius 2 is 1.76 bits per heavy atom. The number of sulfonamides is 1. The Labute approximate surface area is 123 Å². The van der Waals surface area contributed by atoms with E-state index in [0.29, 0.717) is 17.1 Å². The summed E-state index contributed by atoms with van der Waals surface area (Å²) >= 11 is 0. The van der Waals surface area contributed by atoms with E-state index in [9.17, 15) is 8.42 Å². The minimum Gasteiger partial charge on any atom is -0.281 e. The van der Waals surface area contributed by atoms with Gasteiger partial charge in [0, 0.05) is 5.69 Å². The van der Waals surface area contributed by atoms with Crippen LogP contribution in [0.1, 0.15) is 11.4 Å². The molecule has 0 radical (unpaired) electrons. The van der Waals surface area contributed by atoms with Crippen molar-refractivity contribution in [2.75, 3.05) is 4.72 Å². The zero-order valence-electron chi connectivity index (χ0n) is 11.7. The molecule has 21 heavy (non-hydrogen) atoms. The van der Waals surface area contributed by atoms with Gasteiger partial charge in [0.15, 0.2) is 0 Å². The quantitative estimate of drug-likeness (QED) is 0.781. The summed E-state index contributed by atoms with van der Waals surface area (Å²) in [5.41, 5.74) is 1.52. The number of aromatic amines is 1. The second-order valence-electron chi connectivity index (χ2n) is 4.93. The monoisotopic (exact) mass is 301 g/mol. The molecule has 1 heterocycles. The maximum Gasteiger partial charge on any atom is 0.265 e. The molecule has 3 rings (SSSR count). The van der Waals surface area contributed by atoms with Crippen molar-refractivity contribution >= 4 is 26.5 Å². The van der Waals surface area contributed by atoms with Crippen LogP contribution in [0.3, 0.4) is 0 Å². The van der Waals surface area contributed by atoms with Crippen LogP contribution in [0.4, 0.5) is 5.69 Å². The molecule has 0 aliphatic carbocycles. The van der Waals surface area contributed by atoms with E-state index in [1.807, 2.05) is 36.4 Å². The Morgan fingerprint density at radius 3 is 2.43 bits per heavy atom. The van der Waals surface area contributed by atoms with Gasteiger partial charge in [-0.1, -0.05) is 30.3 Å². The predicted molar refractivity (Wildman–Crippen MR) is 82.8 cm³/mol. The van der Waals surface area contributed by atoms with Crippen molar-refractivity contribution in [3.05, 3.63) is 53.9 Å². The molecule has 0 bridgehead atoms. The Bertz CT molecular complexity index is 894. The highest BCUT2D eigenvalue weighted by molar-refractivity contribution is 7.92. The average molecular weight is 301 g/mol. The number of hydrogen-bond acceptors (Lipinski definition) is 3. The molecule has 0 aliphatic rings. The molecule has 0 saturated carbocycles. The van der Waals surface area contributed by atoms with Gasteiger partial charge in [0.05, 0.1) is 11.4 Å². The molecular formula is C15H15N3O2S. The third-order valence-corrected chi connectivity index (χ3v) is 4.97. The number of aryl methyl sites for hydroxylation is 2. The summed E-state index contributed by atoms with van der Waals surface area (Å²) in [4.78, 5) is 0.204. The lowest BCUT2D eigenvalue weighted by atomic mass is 10.1. The first kappa shape index (κ1) is 13.6.